The zero-order chi connectivity index (χ0) is 57.1. The van der Waals surface area contributed by atoms with Crippen molar-refractivity contribution in [1.29, 1.82) is 0 Å². The highest BCUT2D eigenvalue weighted by Crippen LogP contribution is 2.15. The third-order valence-corrected chi connectivity index (χ3v) is 13.9. The molecule has 0 aliphatic carbocycles. The molecule has 6 heteroatoms. The zero-order valence-electron chi connectivity index (χ0n) is 51.6. The van der Waals surface area contributed by atoms with Gasteiger partial charge in [-0.2, -0.15) is 0 Å². The molecule has 0 aromatic heterocycles. The first-order chi connectivity index (χ1) is 39.0. The molecule has 0 fully saturated rings. The second kappa shape index (κ2) is 66.3. The lowest BCUT2D eigenvalue weighted by Crippen LogP contribution is -2.30. The molecule has 0 aromatic rings. The fourth-order valence-corrected chi connectivity index (χ4v) is 8.98. The standard InChI is InChI=1S/C73H122O6/c1-4-7-10-13-16-19-22-25-28-31-33-35-36-38-39-42-45-48-51-54-57-60-63-66-72(75)78-69-70(68-77-71(74)65-62-59-56-53-50-47-44-41-30-27-24-21-18-15-12-9-6-3)79-73(76)67-64-61-58-55-52-49-46-43-40-37-34-32-29-26-23-20-17-14-11-8-5-2/h8,11,17-18,20-22,25-27,29-31,33-34,37,43,46,52,55,70H,4-7,9-10,12-16,19,23-24,28,32,35-36,38-42,44-45,47-51,53-54,56-69H2,1-3H3/b11-8-,20-17-,21-18-,25-22-,29-26-,30-27-,33-31-,37-34-,46-43-,55-52-. The van der Waals surface area contributed by atoms with E-state index in [0.717, 1.165) is 109 Å². The summed E-state index contributed by atoms with van der Waals surface area (Å²) >= 11 is 0. The molecule has 1 unspecified atom stereocenters. The van der Waals surface area contributed by atoms with Crippen LogP contribution in [0.1, 0.15) is 303 Å². The largest absolute Gasteiger partial charge is 0.462 e. The molecule has 6 nitrogen and oxygen atoms in total. The van der Waals surface area contributed by atoms with Gasteiger partial charge in [0.2, 0.25) is 0 Å². The molecule has 0 aromatic carbocycles. The Morgan fingerprint density at radius 2 is 0.494 bits per heavy atom. The van der Waals surface area contributed by atoms with Crippen molar-refractivity contribution in [3.63, 3.8) is 0 Å². The molecular formula is C73H122O6. The normalized spacial score (nSPS) is 12.9. The highest BCUT2D eigenvalue weighted by atomic mass is 16.6. The molecule has 0 saturated heterocycles. The van der Waals surface area contributed by atoms with Crippen LogP contribution in [0, 0.1) is 0 Å². The first-order valence-corrected chi connectivity index (χ1v) is 33.0. The van der Waals surface area contributed by atoms with E-state index in [9.17, 15) is 14.4 Å². The highest BCUT2D eigenvalue weighted by Gasteiger charge is 2.19. The van der Waals surface area contributed by atoms with Crippen molar-refractivity contribution >= 4 is 17.9 Å². The Balaban J connectivity index is 4.47. The van der Waals surface area contributed by atoms with E-state index in [2.05, 4.69) is 142 Å². The van der Waals surface area contributed by atoms with Gasteiger partial charge in [0, 0.05) is 19.3 Å². The summed E-state index contributed by atoms with van der Waals surface area (Å²) in [5.74, 6) is -0.948. The van der Waals surface area contributed by atoms with Crippen molar-refractivity contribution in [3.8, 4) is 0 Å². The Kier molecular flexibility index (Phi) is 62.8. The number of esters is 3. The summed E-state index contributed by atoms with van der Waals surface area (Å²) in [6, 6.07) is 0. The minimum absolute atomic E-state index is 0.101. The number of unbranched alkanes of at least 4 members (excludes halogenated alkanes) is 28. The summed E-state index contributed by atoms with van der Waals surface area (Å²) in [7, 11) is 0. The summed E-state index contributed by atoms with van der Waals surface area (Å²) in [5, 5.41) is 0. The Morgan fingerprint density at radius 1 is 0.266 bits per heavy atom. The molecule has 0 amide bonds. The molecule has 0 heterocycles. The van der Waals surface area contributed by atoms with E-state index < -0.39 is 6.10 Å². The second-order valence-corrected chi connectivity index (χ2v) is 21.6. The Hall–Kier alpha value is -4.19. The first-order valence-electron chi connectivity index (χ1n) is 33.0. The van der Waals surface area contributed by atoms with Crippen LogP contribution in [0.2, 0.25) is 0 Å². The van der Waals surface area contributed by atoms with Crippen LogP contribution in [0.25, 0.3) is 0 Å². The third-order valence-electron chi connectivity index (χ3n) is 13.9. The lowest BCUT2D eigenvalue weighted by atomic mass is 10.0. The number of hydrogen-bond donors (Lipinski definition) is 0. The van der Waals surface area contributed by atoms with Gasteiger partial charge in [-0.3, -0.25) is 14.4 Å². The summed E-state index contributed by atoms with van der Waals surface area (Å²) in [4.78, 5) is 38.4. The van der Waals surface area contributed by atoms with Crippen molar-refractivity contribution in [2.75, 3.05) is 13.2 Å². The average molecular weight is 1100 g/mol. The summed E-state index contributed by atoms with van der Waals surface area (Å²) in [6.07, 6.45) is 92.0. The molecule has 450 valence electrons. The van der Waals surface area contributed by atoms with Crippen LogP contribution in [0.4, 0.5) is 0 Å². The van der Waals surface area contributed by atoms with E-state index in [4.69, 9.17) is 14.2 Å². The number of allylic oxidation sites excluding steroid dienone is 20. The van der Waals surface area contributed by atoms with Gasteiger partial charge in [-0.05, 0) is 135 Å². The van der Waals surface area contributed by atoms with Crippen molar-refractivity contribution in [2.45, 2.75) is 309 Å². The van der Waals surface area contributed by atoms with Gasteiger partial charge in [-0.15, -0.1) is 0 Å². The fourth-order valence-electron chi connectivity index (χ4n) is 8.98. The fraction of sp³-hybridized carbons (Fsp3) is 0.685. The van der Waals surface area contributed by atoms with Crippen LogP contribution in [0.15, 0.2) is 122 Å². The van der Waals surface area contributed by atoms with Crippen LogP contribution >= 0.6 is 0 Å². The van der Waals surface area contributed by atoms with E-state index in [1.807, 2.05) is 0 Å². The van der Waals surface area contributed by atoms with E-state index in [-0.39, 0.29) is 37.5 Å². The van der Waals surface area contributed by atoms with Gasteiger partial charge in [0.25, 0.3) is 0 Å². The molecule has 0 N–H and O–H groups in total. The van der Waals surface area contributed by atoms with Crippen LogP contribution in [0.3, 0.4) is 0 Å². The molecule has 0 spiro atoms. The average Bonchev–Trinajstić information content (AvgIpc) is 3.45. The number of hydrogen-bond acceptors (Lipinski definition) is 6. The maximum Gasteiger partial charge on any atom is 0.306 e. The summed E-state index contributed by atoms with van der Waals surface area (Å²) in [6.45, 7) is 6.47. The first kappa shape index (κ1) is 74.8. The Bertz CT molecular complexity index is 1640. The SMILES string of the molecule is CC/C=C\C/C=C\C/C=C\C/C=C\C/C=C\C/C=C\CCCCC(=O)OC(COC(=O)CCCCCCCCC/C=C\C/C=C\CCCCC)COC(=O)CCCCCCCCCCCCC/C=C\C/C=C\CCCCCCC. The number of ether oxygens (including phenoxy) is 3. The molecule has 0 rings (SSSR count). The molecule has 0 saturated carbocycles. The number of carbonyl (C=O) groups is 3. The van der Waals surface area contributed by atoms with Gasteiger partial charge < -0.3 is 14.2 Å². The van der Waals surface area contributed by atoms with E-state index in [1.54, 1.807) is 0 Å². The Labute approximate surface area is 488 Å². The second-order valence-electron chi connectivity index (χ2n) is 21.6. The van der Waals surface area contributed by atoms with E-state index in [1.165, 1.54) is 148 Å². The lowest BCUT2D eigenvalue weighted by Gasteiger charge is -2.18. The van der Waals surface area contributed by atoms with Crippen molar-refractivity contribution in [3.05, 3.63) is 122 Å². The maximum absolute atomic E-state index is 12.9. The third kappa shape index (κ3) is 64.5. The van der Waals surface area contributed by atoms with E-state index in [0.29, 0.717) is 19.3 Å². The highest BCUT2D eigenvalue weighted by molar-refractivity contribution is 5.71. The van der Waals surface area contributed by atoms with Crippen LogP contribution in [0.5, 0.6) is 0 Å². The predicted molar refractivity (Wildman–Crippen MR) is 343 cm³/mol. The summed E-state index contributed by atoms with van der Waals surface area (Å²) < 4.78 is 16.9. The summed E-state index contributed by atoms with van der Waals surface area (Å²) in [5.41, 5.74) is 0. The molecule has 0 radical (unpaired) electrons. The molecule has 79 heavy (non-hydrogen) atoms. The van der Waals surface area contributed by atoms with Gasteiger partial charge in [0.05, 0.1) is 0 Å². The van der Waals surface area contributed by atoms with Gasteiger partial charge >= 0.3 is 17.9 Å². The van der Waals surface area contributed by atoms with Gasteiger partial charge in [0.1, 0.15) is 13.2 Å². The molecular weight excluding hydrogens is 973 g/mol. The molecule has 0 aliphatic rings. The van der Waals surface area contributed by atoms with Gasteiger partial charge in [-0.25, -0.2) is 0 Å². The Morgan fingerprint density at radius 3 is 0.823 bits per heavy atom. The topological polar surface area (TPSA) is 78.9 Å². The van der Waals surface area contributed by atoms with Gasteiger partial charge in [-0.1, -0.05) is 271 Å². The maximum atomic E-state index is 12.9. The zero-order valence-corrected chi connectivity index (χ0v) is 51.6. The van der Waals surface area contributed by atoms with Crippen LogP contribution < -0.4 is 0 Å². The van der Waals surface area contributed by atoms with Crippen LogP contribution in [-0.2, 0) is 28.6 Å². The lowest BCUT2D eigenvalue weighted by molar-refractivity contribution is -0.167. The monoisotopic (exact) mass is 1090 g/mol. The number of rotatable bonds is 59. The van der Waals surface area contributed by atoms with Crippen LogP contribution in [-0.4, -0.2) is 37.2 Å². The van der Waals surface area contributed by atoms with Crippen molar-refractivity contribution < 1.29 is 28.6 Å². The minimum Gasteiger partial charge on any atom is -0.462 e. The number of carbonyl (C=O) groups excluding carboxylic acids is 3. The molecule has 0 aliphatic heterocycles. The van der Waals surface area contributed by atoms with Crippen molar-refractivity contribution in [2.24, 2.45) is 0 Å². The molecule has 1 atom stereocenters. The van der Waals surface area contributed by atoms with E-state index >= 15 is 0 Å². The molecule has 0 bridgehead atoms. The quantitative estimate of drug-likeness (QED) is 0.0261. The predicted octanol–water partition coefficient (Wildman–Crippen LogP) is 22.8. The smallest absolute Gasteiger partial charge is 0.306 e. The van der Waals surface area contributed by atoms with Crippen molar-refractivity contribution in [1.82, 2.24) is 0 Å². The van der Waals surface area contributed by atoms with Gasteiger partial charge in [0.15, 0.2) is 6.10 Å². The minimum atomic E-state index is -0.811.